The predicted octanol–water partition coefficient (Wildman–Crippen LogP) is 1.00. The smallest absolute Gasteiger partial charge is 0.325 e. The summed E-state index contributed by atoms with van der Waals surface area (Å²) >= 11 is 0. The van der Waals surface area contributed by atoms with Crippen LogP contribution in [0.25, 0.3) is 0 Å². The monoisotopic (exact) mass is 229 g/mol. The van der Waals surface area contributed by atoms with Crippen molar-refractivity contribution in [3.63, 3.8) is 0 Å². The fourth-order valence-electron chi connectivity index (χ4n) is 0.813. The molecule has 1 unspecified atom stereocenters. The van der Waals surface area contributed by atoms with Crippen molar-refractivity contribution in [2.75, 3.05) is 0 Å². The molecule has 0 saturated carbocycles. The van der Waals surface area contributed by atoms with Crippen LogP contribution < -0.4 is 5.73 Å². The second-order valence-corrected chi connectivity index (χ2v) is 2.89. The van der Waals surface area contributed by atoms with Crippen molar-refractivity contribution in [1.29, 1.82) is 0 Å². The minimum Gasteiger partial charge on any atom is -0.481 e. The van der Waals surface area contributed by atoms with E-state index in [1.54, 1.807) is 0 Å². The lowest BCUT2D eigenvalue weighted by Crippen LogP contribution is -2.20. The molecule has 88 valence electrons. The van der Waals surface area contributed by atoms with Gasteiger partial charge in [-0.25, -0.2) is 4.39 Å². The largest absolute Gasteiger partial charge is 0.481 e. The number of hydrogen-bond acceptors (Lipinski definition) is 3. The van der Waals surface area contributed by atoms with Gasteiger partial charge in [0.1, 0.15) is 11.9 Å². The van der Waals surface area contributed by atoms with Gasteiger partial charge in [-0.2, -0.15) is 0 Å². The Labute approximate surface area is 91.3 Å². The normalized spacial score (nSPS) is 10.9. The highest BCUT2D eigenvalue weighted by molar-refractivity contribution is 5.75. The third-order valence-corrected chi connectivity index (χ3v) is 1.50. The third kappa shape index (κ3) is 5.71. The molecule has 0 saturated heterocycles. The van der Waals surface area contributed by atoms with Crippen LogP contribution in [0, 0.1) is 5.82 Å². The molecular formula is C10H12FNO4. The van der Waals surface area contributed by atoms with Crippen LogP contribution in [0.2, 0.25) is 0 Å². The number of carbonyl (C=O) groups is 2. The summed E-state index contributed by atoms with van der Waals surface area (Å²) < 4.78 is 12.4. The first-order valence-electron chi connectivity index (χ1n) is 4.28. The molecule has 1 rings (SSSR count). The van der Waals surface area contributed by atoms with Crippen LogP contribution in [0.5, 0.6) is 0 Å². The second-order valence-electron chi connectivity index (χ2n) is 2.89. The lowest BCUT2D eigenvalue weighted by atomic mass is 10.1. The molecule has 0 aliphatic heterocycles. The van der Waals surface area contributed by atoms with E-state index in [0.29, 0.717) is 5.56 Å². The van der Waals surface area contributed by atoms with Crippen molar-refractivity contribution in [3.05, 3.63) is 35.6 Å². The van der Waals surface area contributed by atoms with Crippen molar-refractivity contribution in [1.82, 2.24) is 0 Å². The van der Waals surface area contributed by atoms with Gasteiger partial charge in [-0.1, -0.05) is 12.1 Å². The van der Waals surface area contributed by atoms with Gasteiger partial charge in [0.25, 0.3) is 5.97 Å². The molecule has 0 radical (unpaired) electrons. The fraction of sp³-hybridized carbons (Fsp3) is 0.200. The van der Waals surface area contributed by atoms with Crippen molar-refractivity contribution in [2.45, 2.75) is 13.0 Å². The second kappa shape index (κ2) is 6.52. The van der Waals surface area contributed by atoms with Gasteiger partial charge in [-0.05, 0) is 17.7 Å². The van der Waals surface area contributed by atoms with Gasteiger partial charge in [0.2, 0.25) is 0 Å². The Morgan fingerprint density at radius 1 is 1.25 bits per heavy atom. The molecule has 4 N–H and O–H groups in total. The summed E-state index contributed by atoms with van der Waals surface area (Å²) in [5, 5.41) is 15.9. The highest BCUT2D eigenvalue weighted by atomic mass is 19.1. The molecule has 0 aromatic heterocycles. The van der Waals surface area contributed by atoms with Gasteiger partial charge in [0, 0.05) is 6.92 Å². The lowest BCUT2D eigenvalue weighted by molar-refractivity contribution is -0.138. The van der Waals surface area contributed by atoms with Crippen LogP contribution in [-0.4, -0.2) is 22.2 Å². The molecule has 0 aliphatic rings. The molecule has 5 nitrogen and oxygen atoms in total. The van der Waals surface area contributed by atoms with E-state index < -0.39 is 23.8 Å². The van der Waals surface area contributed by atoms with Gasteiger partial charge in [-0.3, -0.25) is 9.59 Å². The SMILES string of the molecule is CC(=O)O.NC(C(=O)O)c1ccc(F)cc1. The summed E-state index contributed by atoms with van der Waals surface area (Å²) in [5.41, 5.74) is 5.66. The topological polar surface area (TPSA) is 101 Å². The van der Waals surface area contributed by atoms with E-state index in [1.165, 1.54) is 24.3 Å². The number of aliphatic carboxylic acids is 2. The van der Waals surface area contributed by atoms with Gasteiger partial charge >= 0.3 is 5.97 Å². The predicted molar refractivity (Wildman–Crippen MR) is 54.3 cm³/mol. The zero-order valence-electron chi connectivity index (χ0n) is 8.55. The van der Waals surface area contributed by atoms with E-state index >= 15 is 0 Å². The molecule has 16 heavy (non-hydrogen) atoms. The first-order chi connectivity index (χ1) is 7.34. The zero-order chi connectivity index (χ0) is 12.7. The molecule has 0 aliphatic carbocycles. The third-order valence-electron chi connectivity index (χ3n) is 1.50. The Balaban J connectivity index is 0.000000487. The average molecular weight is 229 g/mol. The molecule has 0 heterocycles. The molecule has 0 amide bonds. The first-order valence-corrected chi connectivity index (χ1v) is 4.28. The highest BCUT2D eigenvalue weighted by Crippen LogP contribution is 2.10. The number of halogens is 1. The average Bonchev–Trinajstić information content (AvgIpc) is 2.17. The number of rotatable bonds is 2. The summed E-state index contributed by atoms with van der Waals surface area (Å²) in [5.74, 6) is -2.36. The summed E-state index contributed by atoms with van der Waals surface area (Å²) in [4.78, 5) is 19.4. The maximum absolute atomic E-state index is 12.4. The molecule has 0 fully saturated rings. The van der Waals surface area contributed by atoms with Gasteiger partial charge in [0.15, 0.2) is 0 Å². The maximum Gasteiger partial charge on any atom is 0.325 e. The summed E-state index contributed by atoms with van der Waals surface area (Å²) in [6.07, 6.45) is 0. The van der Waals surface area contributed by atoms with E-state index in [0.717, 1.165) is 6.92 Å². The zero-order valence-corrected chi connectivity index (χ0v) is 8.55. The van der Waals surface area contributed by atoms with Crippen molar-refractivity contribution < 1.29 is 24.2 Å². The lowest BCUT2D eigenvalue weighted by Gasteiger charge is -2.05. The van der Waals surface area contributed by atoms with Crippen molar-refractivity contribution in [2.24, 2.45) is 5.73 Å². The van der Waals surface area contributed by atoms with Crippen molar-refractivity contribution >= 4 is 11.9 Å². The number of nitrogens with two attached hydrogens (primary N) is 1. The van der Waals surface area contributed by atoms with Crippen LogP contribution in [-0.2, 0) is 9.59 Å². The number of hydrogen-bond donors (Lipinski definition) is 3. The molecule has 0 spiro atoms. The maximum atomic E-state index is 12.4. The van der Waals surface area contributed by atoms with Crippen LogP contribution in [0.1, 0.15) is 18.5 Å². The van der Waals surface area contributed by atoms with E-state index in [1.807, 2.05) is 0 Å². The van der Waals surface area contributed by atoms with Crippen LogP contribution in [0.4, 0.5) is 4.39 Å². The van der Waals surface area contributed by atoms with Crippen LogP contribution in [0.3, 0.4) is 0 Å². The Morgan fingerprint density at radius 3 is 1.94 bits per heavy atom. The standard InChI is InChI=1S/C8H8FNO2.C2H4O2/c9-6-3-1-5(2-4-6)7(10)8(11)12;1-2(3)4/h1-4,7H,10H2,(H,11,12);1H3,(H,3,4). The Bertz CT molecular complexity index is 360. The van der Waals surface area contributed by atoms with Gasteiger partial charge in [0.05, 0.1) is 0 Å². The summed E-state index contributed by atoms with van der Waals surface area (Å²) in [6, 6.07) is 3.99. The molecule has 1 aromatic carbocycles. The molecular weight excluding hydrogens is 217 g/mol. The quantitative estimate of drug-likeness (QED) is 0.702. The highest BCUT2D eigenvalue weighted by Gasteiger charge is 2.13. The van der Waals surface area contributed by atoms with Gasteiger partial charge in [-0.15, -0.1) is 0 Å². The number of carboxylic acid groups (broad SMARTS) is 2. The van der Waals surface area contributed by atoms with Crippen LogP contribution >= 0.6 is 0 Å². The molecule has 0 bridgehead atoms. The van der Waals surface area contributed by atoms with Crippen LogP contribution in [0.15, 0.2) is 24.3 Å². The summed E-state index contributed by atoms with van der Waals surface area (Å²) in [7, 11) is 0. The number of carboxylic acids is 2. The molecule has 6 heteroatoms. The first kappa shape index (κ1) is 14.1. The molecule has 1 atom stereocenters. The van der Waals surface area contributed by atoms with Gasteiger partial charge < -0.3 is 15.9 Å². The van der Waals surface area contributed by atoms with E-state index in [2.05, 4.69) is 0 Å². The minimum absolute atomic E-state index is 0.393. The fourth-order valence-corrected chi connectivity index (χ4v) is 0.813. The van der Waals surface area contributed by atoms with E-state index in [9.17, 15) is 9.18 Å². The minimum atomic E-state index is -1.12. The summed E-state index contributed by atoms with van der Waals surface area (Å²) in [6.45, 7) is 1.08. The Kier molecular flexibility index (Phi) is 5.72. The van der Waals surface area contributed by atoms with E-state index in [-0.39, 0.29) is 0 Å². The Morgan fingerprint density at radius 2 is 1.62 bits per heavy atom. The van der Waals surface area contributed by atoms with Crippen molar-refractivity contribution in [3.8, 4) is 0 Å². The van der Waals surface area contributed by atoms with E-state index in [4.69, 9.17) is 20.7 Å². The Hall–Kier alpha value is -1.95. The number of benzene rings is 1. The molecule has 1 aromatic rings.